The topological polar surface area (TPSA) is 82.5 Å². The maximum atomic E-state index is 12.7. The van der Waals surface area contributed by atoms with Crippen LogP contribution in [0.25, 0.3) is 5.69 Å². The molecule has 4 rings (SSSR count). The quantitative estimate of drug-likeness (QED) is 0.408. The van der Waals surface area contributed by atoms with Gasteiger partial charge in [0.1, 0.15) is 16.5 Å². The Hall–Kier alpha value is -4.04. The summed E-state index contributed by atoms with van der Waals surface area (Å²) in [6.45, 7) is 2.03. The van der Waals surface area contributed by atoms with Gasteiger partial charge in [-0.25, -0.2) is 0 Å². The molecule has 0 bridgehead atoms. The number of carbonyl (C=O) groups excluding carboxylic acids is 1. The number of methoxy groups -OCH3 is 2. The van der Waals surface area contributed by atoms with E-state index in [-0.39, 0.29) is 11.5 Å². The van der Waals surface area contributed by atoms with Gasteiger partial charge in [0.2, 0.25) is 0 Å². The zero-order valence-electron chi connectivity index (χ0n) is 18.9. The molecule has 34 heavy (non-hydrogen) atoms. The minimum absolute atomic E-state index is 0.256. The molecule has 1 aromatic heterocycles. The van der Waals surface area contributed by atoms with Gasteiger partial charge in [-0.05, 0) is 61.5 Å². The minimum atomic E-state index is -0.306. The summed E-state index contributed by atoms with van der Waals surface area (Å²) in [5.74, 6) is 0.807. The van der Waals surface area contributed by atoms with Crippen molar-refractivity contribution in [1.82, 2.24) is 9.78 Å². The van der Waals surface area contributed by atoms with Crippen molar-refractivity contribution in [3.63, 3.8) is 0 Å². The average Bonchev–Trinajstić information content (AvgIpc) is 2.87. The molecule has 0 spiro atoms. The van der Waals surface area contributed by atoms with Crippen LogP contribution < -0.4 is 20.3 Å². The largest absolute Gasteiger partial charge is 0.497 e. The third-order valence-electron chi connectivity index (χ3n) is 5.05. The predicted molar refractivity (Wildman–Crippen MR) is 133 cm³/mol. The number of ether oxygens (including phenoxy) is 2. The number of nitrogens with one attached hydrogen (secondary N) is 1. The van der Waals surface area contributed by atoms with Crippen molar-refractivity contribution in [2.24, 2.45) is 0 Å². The molecule has 1 amide bonds. The van der Waals surface area contributed by atoms with E-state index in [1.807, 2.05) is 31.2 Å². The van der Waals surface area contributed by atoms with Gasteiger partial charge >= 0.3 is 0 Å². The van der Waals surface area contributed by atoms with Crippen LogP contribution in [0.5, 0.6) is 11.5 Å². The van der Waals surface area contributed by atoms with Crippen LogP contribution in [0.15, 0.2) is 93.6 Å². The highest BCUT2D eigenvalue weighted by molar-refractivity contribution is 7.99. The van der Waals surface area contributed by atoms with Gasteiger partial charge in [0, 0.05) is 22.6 Å². The lowest BCUT2D eigenvalue weighted by molar-refractivity contribution is 0.102. The first-order chi connectivity index (χ1) is 16.5. The van der Waals surface area contributed by atoms with Crippen LogP contribution in [0.4, 0.5) is 5.69 Å². The number of hydrogen-bond acceptors (Lipinski definition) is 6. The second kappa shape index (κ2) is 10.3. The molecular formula is C26H23N3O4S. The highest BCUT2D eigenvalue weighted by Crippen LogP contribution is 2.29. The van der Waals surface area contributed by atoms with E-state index in [9.17, 15) is 9.59 Å². The van der Waals surface area contributed by atoms with Crippen LogP contribution in [0.3, 0.4) is 0 Å². The standard InChI is InChI=1S/C26H23N3O4S/c1-17-4-11-21(12-5-17)34-24-14-15-25(30)29(28-24)19-8-6-18(7-9-19)26(31)27-22-13-10-20(32-2)16-23(22)33-3/h4-16H,1-3H3,(H,27,31). The SMILES string of the molecule is COc1ccc(NC(=O)c2ccc(-n3nc(Sc4ccc(C)cc4)ccc3=O)cc2)c(OC)c1. The van der Waals surface area contributed by atoms with E-state index < -0.39 is 0 Å². The fourth-order valence-corrected chi connectivity index (χ4v) is 3.98. The first-order valence-electron chi connectivity index (χ1n) is 10.5. The Morgan fingerprint density at radius 3 is 2.32 bits per heavy atom. The average molecular weight is 474 g/mol. The van der Waals surface area contributed by atoms with Gasteiger partial charge in [0.25, 0.3) is 11.5 Å². The van der Waals surface area contributed by atoms with Crippen molar-refractivity contribution in [2.45, 2.75) is 16.8 Å². The lowest BCUT2D eigenvalue weighted by Crippen LogP contribution is -2.20. The summed E-state index contributed by atoms with van der Waals surface area (Å²) in [5.41, 5.74) is 2.44. The molecule has 0 saturated carbocycles. The number of amides is 1. The summed E-state index contributed by atoms with van der Waals surface area (Å²) in [6.07, 6.45) is 0. The maximum Gasteiger partial charge on any atom is 0.271 e. The van der Waals surface area contributed by atoms with E-state index in [1.54, 1.807) is 55.6 Å². The first-order valence-corrected chi connectivity index (χ1v) is 11.3. The van der Waals surface area contributed by atoms with Gasteiger partial charge in [0.05, 0.1) is 25.6 Å². The van der Waals surface area contributed by atoms with E-state index in [1.165, 1.54) is 35.2 Å². The van der Waals surface area contributed by atoms with Crippen LogP contribution in [-0.4, -0.2) is 29.9 Å². The van der Waals surface area contributed by atoms with Gasteiger partial charge in [-0.15, -0.1) is 0 Å². The van der Waals surface area contributed by atoms with E-state index in [0.29, 0.717) is 33.5 Å². The van der Waals surface area contributed by atoms with Gasteiger partial charge in [0.15, 0.2) is 0 Å². The van der Waals surface area contributed by atoms with Crippen LogP contribution >= 0.6 is 11.8 Å². The molecule has 8 heteroatoms. The Labute approximate surface area is 201 Å². The summed E-state index contributed by atoms with van der Waals surface area (Å²) in [5, 5.41) is 8.00. The summed E-state index contributed by atoms with van der Waals surface area (Å²) in [7, 11) is 3.08. The third kappa shape index (κ3) is 5.29. The zero-order valence-corrected chi connectivity index (χ0v) is 19.8. The molecule has 0 radical (unpaired) electrons. The van der Waals surface area contributed by atoms with Gasteiger partial charge in [-0.1, -0.05) is 29.5 Å². The van der Waals surface area contributed by atoms with Crippen LogP contribution in [-0.2, 0) is 0 Å². The number of anilines is 1. The molecule has 0 saturated heterocycles. The van der Waals surface area contributed by atoms with Crippen molar-refractivity contribution in [3.05, 3.63) is 100 Å². The lowest BCUT2D eigenvalue weighted by atomic mass is 10.2. The van der Waals surface area contributed by atoms with Gasteiger partial charge in [-0.2, -0.15) is 9.78 Å². The Bertz CT molecular complexity index is 1370. The zero-order chi connectivity index (χ0) is 24.1. The fourth-order valence-electron chi connectivity index (χ4n) is 3.21. The van der Waals surface area contributed by atoms with Gasteiger partial charge in [-0.3, -0.25) is 9.59 Å². The molecule has 0 aliphatic heterocycles. The highest BCUT2D eigenvalue weighted by atomic mass is 32.2. The monoisotopic (exact) mass is 473 g/mol. The first kappa shape index (κ1) is 23.1. The molecule has 0 aliphatic rings. The number of aryl methyl sites for hydroxylation is 1. The van der Waals surface area contributed by atoms with Crippen molar-refractivity contribution < 1.29 is 14.3 Å². The molecule has 3 aromatic carbocycles. The molecule has 0 fully saturated rings. The molecule has 172 valence electrons. The van der Waals surface area contributed by atoms with Crippen LogP contribution in [0, 0.1) is 6.92 Å². The molecule has 0 aliphatic carbocycles. The van der Waals surface area contributed by atoms with Crippen molar-refractivity contribution in [3.8, 4) is 17.2 Å². The van der Waals surface area contributed by atoms with Crippen molar-refractivity contribution in [2.75, 3.05) is 19.5 Å². The van der Waals surface area contributed by atoms with E-state index in [2.05, 4.69) is 10.4 Å². The summed E-state index contributed by atoms with van der Waals surface area (Å²) in [6, 6.07) is 23.1. The Morgan fingerprint density at radius 2 is 1.65 bits per heavy atom. The number of nitrogens with zero attached hydrogens (tertiary/aromatic N) is 2. The van der Waals surface area contributed by atoms with Gasteiger partial charge < -0.3 is 14.8 Å². The Balaban J connectivity index is 1.53. The molecule has 0 atom stereocenters. The number of carbonyl (C=O) groups is 1. The molecular weight excluding hydrogens is 450 g/mol. The normalized spacial score (nSPS) is 10.6. The molecule has 1 N–H and O–H groups in total. The third-order valence-corrected chi connectivity index (χ3v) is 5.98. The molecule has 0 unspecified atom stereocenters. The lowest BCUT2D eigenvalue weighted by Gasteiger charge is -2.12. The number of rotatable bonds is 7. The molecule has 1 heterocycles. The van der Waals surface area contributed by atoms with E-state index in [4.69, 9.17) is 9.47 Å². The Kier molecular flexibility index (Phi) is 6.98. The molecule has 4 aromatic rings. The van der Waals surface area contributed by atoms with Crippen LogP contribution in [0.2, 0.25) is 0 Å². The van der Waals surface area contributed by atoms with Crippen LogP contribution in [0.1, 0.15) is 15.9 Å². The Morgan fingerprint density at radius 1 is 0.912 bits per heavy atom. The predicted octanol–water partition coefficient (Wildman–Crippen LogP) is 4.96. The van der Waals surface area contributed by atoms with Crippen molar-refractivity contribution in [1.29, 1.82) is 0 Å². The molecule has 7 nitrogen and oxygen atoms in total. The highest BCUT2D eigenvalue weighted by Gasteiger charge is 2.12. The smallest absolute Gasteiger partial charge is 0.271 e. The summed E-state index contributed by atoms with van der Waals surface area (Å²) < 4.78 is 11.8. The number of benzene rings is 3. The summed E-state index contributed by atoms with van der Waals surface area (Å²) in [4.78, 5) is 26.2. The minimum Gasteiger partial charge on any atom is -0.497 e. The number of aromatic nitrogens is 2. The van der Waals surface area contributed by atoms with E-state index in [0.717, 1.165) is 4.90 Å². The second-order valence-corrected chi connectivity index (χ2v) is 8.50. The maximum absolute atomic E-state index is 12.7. The summed E-state index contributed by atoms with van der Waals surface area (Å²) >= 11 is 1.47. The second-order valence-electron chi connectivity index (χ2n) is 7.40. The fraction of sp³-hybridized carbons (Fsp3) is 0.115. The van der Waals surface area contributed by atoms with E-state index >= 15 is 0 Å². The number of hydrogen-bond donors (Lipinski definition) is 1. The van der Waals surface area contributed by atoms with Crippen molar-refractivity contribution >= 4 is 23.4 Å².